The van der Waals surface area contributed by atoms with Gasteiger partial charge in [-0.2, -0.15) is 4.31 Å². The quantitative estimate of drug-likeness (QED) is 0.716. The second kappa shape index (κ2) is 6.57. The van der Waals surface area contributed by atoms with Crippen molar-refractivity contribution in [1.82, 2.24) is 4.31 Å². The lowest BCUT2D eigenvalue weighted by Gasteiger charge is -2.26. The van der Waals surface area contributed by atoms with Crippen LogP contribution in [-0.4, -0.2) is 44.8 Å². The molecule has 0 aromatic rings. The van der Waals surface area contributed by atoms with Gasteiger partial charge >= 0.3 is 0 Å². The Morgan fingerprint density at radius 3 is 2.44 bits per heavy atom. The monoisotopic (exact) mass is 249 g/mol. The molecule has 0 bridgehead atoms. The van der Waals surface area contributed by atoms with Crippen LogP contribution in [0.4, 0.5) is 0 Å². The summed E-state index contributed by atoms with van der Waals surface area (Å²) in [5.41, 5.74) is 0. The van der Waals surface area contributed by atoms with Crippen LogP contribution in [0.3, 0.4) is 0 Å². The second-order valence-corrected chi connectivity index (χ2v) is 6.60. The molecule has 1 unspecified atom stereocenters. The molecule has 0 saturated carbocycles. The van der Waals surface area contributed by atoms with Crippen molar-refractivity contribution >= 4 is 10.0 Å². The van der Waals surface area contributed by atoms with Crippen molar-refractivity contribution < 1.29 is 13.2 Å². The summed E-state index contributed by atoms with van der Waals surface area (Å²) < 4.78 is 30.6. The molecule has 1 atom stereocenters. The van der Waals surface area contributed by atoms with Crippen molar-refractivity contribution in [2.45, 2.75) is 33.1 Å². The minimum atomic E-state index is -3.04. The molecular weight excluding hydrogens is 226 g/mol. The van der Waals surface area contributed by atoms with E-state index < -0.39 is 10.0 Å². The van der Waals surface area contributed by atoms with Crippen LogP contribution in [0.2, 0.25) is 0 Å². The molecule has 0 aromatic heterocycles. The van der Waals surface area contributed by atoms with Crippen LogP contribution in [0.15, 0.2) is 0 Å². The number of hydrogen-bond acceptors (Lipinski definition) is 3. The number of sulfonamides is 1. The zero-order chi connectivity index (χ0) is 12.0. The SMILES string of the molecule is CCCC(C)CCS(=O)(=O)N1CCOCC1. The van der Waals surface area contributed by atoms with Gasteiger partial charge in [0.15, 0.2) is 0 Å². The van der Waals surface area contributed by atoms with E-state index in [1.807, 2.05) is 0 Å². The molecule has 0 N–H and O–H groups in total. The van der Waals surface area contributed by atoms with Crippen molar-refractivity contribution in [1.29, 1.82) is 0 Å². The highest BCUT2D eigenvalue weighted by Gasteiger charge is 2.24. The molecule has 0 spiro atoms. The van der Waals surface area contributed by atoms with E-state index in [0.717, 1.165) is 19.3 Å². The molecule has 0 radical (unpaired) electrons. The highest BCUT2D eigenvalue weighted by molar-refractivity contribution is 7.89. The van der Waals surface area contributed by atoms with Gasteiger partial charge < -0.3 is 4.74 Å². The Morgan fingerprint density at radius 2 is 1.88 bits per heavy atom. The molecule has 1 aliphatic rings. The predicted molar refractivity (Wildman–Crippen MR) is 64.9 cm³/mol. The van der Waals surface area contributed by atoms with E-state index in [1.165, 1.54) is 0 Å². The minimum Gasteiger partial charge on any atom is -0.379 e. The molecule has 1 saturated heterocycles. The van der Waals surface area contributed by atoms with Gasteiger partial charge in [0.1, 0.15) is 0 Å². The van der Waals surface area contributed by atoms with Crippen LogP contribution in [0.1, 0.15) is 33.1 Å². The topological polar surface area (TPSA) is 46.6 Å². The molecular formula is C11H23NO3S. The Bertz CT molecular complexity index is 284. The van der Waals surface area contributed by atoms with Gasteiger partial charge in [-0.1, -0.05) is 26.7 Å². The summed E-state index contributed by atoms with van der Waals surface area (Å²) in [6.07, 6.45) is 3.00. The first-order valence-electron chi connectivity index (χ1n) is 6.12. The number of rotatable bonds is 6. The maximum absolute atomic E-state index is 12.0. The molecule has 1 rings (SSSR count). The van der Waals surface area contributed by atoms with Crippen molar-refractivity contribution in [3.05, 3.63) is 0 Å². The third kappa shape index (κ3) is 4.39. The maximum atomic E-state index is 12.0. The lowest BCUT2D eigenvalue weighted by Crippen LogP contribution is -2.42. The van der Waals surface area contributed by atoms with Gasteiger partial charge in [0.05, 0.1) is 19.0 Å². The van der Waals surface area contributed by atoms with E-state index in [1.54, 1.807) is 4.31 Å². The lowest BCUT2D eigenvalue weighted by atomic mass is 10.0. The largest absolute Gasteiger partial charge is 0.379 e. The van der Waals surface area contributed by atoms with E-state index in [2.05, 4.69) is 13.8 Å². The number of hydrogen-bond donors (Lipinski definition) is 0. The summed E-state index contributed by atoms with van der Waals surface area (Å²) >= 11 is 0. The third-order valence-corrected chi connectivity index (χ3v) is 4.92. The van der Waals surface area contributed by atoms with Gasteiger partial charge in [-0.05, 0) is 12.3 Å². The van der Waals surface area contributed by atoms with Crippen LogP contribution in [0.5, 0.6) is 0 Å². The average molecular weight is 249 g/mol. The van der Waals surface area contributed by atoms with Crippen molar-refractivity contribution in [2.75, 3.05) is 32.1 Å². The van der Waals surface area contributed by atoms with Crippen LogP contribution >= 0.6 is 0 Å². The van der Waals surface area contributed by atoms with Crippen LogP contribution in [0.25, 0.3) is 0 Å². The molecule has 1 aliphatic heterocycles. The molecule has 16 heavy (non-hydrogen) atoms. The van der Waals surface area contributed by atoms with Gasteiger partial charge in [-0.15, -0.1) is 0 Å². The van der Waals surface area contributed by atoms with Crippen LogP contribution < -0.4 is 0 Å². The Balaban J connectivity index is 2.38. The van der Waals surface area contributed by atoms with E-state index in [-0.39, 0.29) is 5.75 Å². The van der Waals surface area contributed by atoms with E-state index in [4.69, 9.17) is 4.74 Å². The van der Waals surface area contributed by atoms with Crippen molar-refractivity contribution in [2.24, 2.45) is 5.92 Å². The normalized spacial score (nSPS) is 20.9. The zero-order valence-electron chi connectivity index (χ0n) is 10.3. The number of ether oxygens (including phenoxy) is 1. The Labute approximate surface area is 99.0 Å². The van der Waals surface area contributed by atoms with Crippen molar-refractivity contribution in [3.63, 3.8) is 0 Å². The highest BCUT2D eigenvalue weighted by Crippen LogP contribution is 2.14. The molecule has 5 heteroatoms. The fourth-order valence-corrected chi connectivity index (χ4v) is 3.60. The first-order chi connectivity index (χ1) is 7.56. The first kappa shape index (κ1) is 13.9. The van der Waals surface area contributed by atoms with Crippen LogP contribution in [0, 0.1) is 5.92 Å². The Morgan fingerprint density at radius 1 is 1.25 bits per heavy atom. The third-order valence-electron chi connectivity index (χ3n) is 3.01. The summed E-state index contributed by atoms with van der Waals surface area (Å²) in [4.78, 5) is 0. The molecule has 1 fully saturated rings. The Hall–Kier alpha value is -0.130. The van der Waals surface area contributed by atoms with Gasteiger partial charge in [-0.3, -0.25) is 0 Å². The number of nitrogens with zero attached hydrogens (tertiary/aromatic N) is 1. The van der Waals surface area contributed by atoms with Gasteiger partial charge in [-0.25, -0.2) is 8.42 Å². The molecule has 0 aliphatic carbocycles. The molecule has 96 valence electrons. The van der Waals surface area contributed by atoms with E-state index in [0.29, 0.717) is 32.2 Å². The fraction of sp³-hybridized carbons (Fsp3) is 1.00. The molecule has 4 nitrogen and oxygen atoms in total. The summed E-state index contributed by atoms with van der Waals surface area (Å²) in [7, 11) is -3.04. The van der Waals surface area contributed by atoms with Crippen molar-refractivity contribution in [3.8, 4) is 0 Å². The average Bonchev–Trinajstić information content (AvgIpc) is 2.28. The summed E-state index contributed by atoms with van der Waals surface area (Å²) in [6, 6.07) is 0. The first-order valence-corrected chi connectivity index (χ1v) is 7.72. The van der Waals surface area contributed by atoms with Gasteiger partial charge in [0.25, 0.3) is 0 Å². The van der Waals surface area contributed by atoms with E-state index in [9.17, 15) is 8.42 Å². The summed E-state index contributed by atoms with van der Waals surface area (Å²) in [6.45, 7) is 6.35. The lowest BCUT2D eigenvalue weighted by molar-refractivity contribution is 0.0730. The van der Waals surface area contributed by atoms with E-state index >= 15 is 0 Å². The smallest absolute Gasteiger partial charge is 0.214 e. The molecule has 0 amide bonds. The highest BCUT2D eigenvalue weighted by atomic mass is 32.2. The van der Waals surface area contributed by atoms with Crippen LogP contribution in [-0.2, 0) is 14.8 Å². The fourth-order valence-electron chi connectivity index (χ4n) is 1.94. The second-order valence-electron chi connectivity index (χ2n) is 4.51. The number of morpholine rings is 1. The Kier molecular flexibility index (Phi) is 5.72. The van der Waals surface area contributed by atoms with Gasteiger partial charge in [0.2, 0.25) is 10.0 Å². The maximum Gasteiger partial charge on any atom is 0.214 e. The standard InChI is InChI=1S/C11H23NO3S/c1-3-4-11(2)5-10-16(13,14)12-6-8-15-9-7-12/h11H,3-10H2,1-2H3. The zero-order valence-corrected chi connectivity index (χ0v) is 11.1. The predicted octanol–water partition coefficient (Wildman–Crippen LogP) is 1.47. The van der Waals surface area contributed by atoms with Gasteiger partial charge in [0, 0.05) is 13.1 Å². The minimum absolute atomic E-state index is 0.286. The molecule has 0 aromatic carbocycles. The molecule has 1 heterocycles. The summed E-state index contributed by atoms with van der Waals surface area (Å²) in [5, 5.41) is 0. The summed E-state index contributed by atoms with van der Waals surface area (Å²) in [5.74, 6) is 0.787.